The summed E-state index contributed by atoms with van der Waals surface area (Å²) < 4.78 is 0. The first-order valence-corrected chi connectivity index (χ1v) is 5.90. The minimum absolute atomic E-state index is 0.0744. The van der Waals surface area contributed by atoms with Crippen molar-refractivity contribution in [2.45, 2.75) is 26.3 Å². The van der Waals surface area contributed by atoms with Crippen LogP contribution in [-0.4, -0.2) is 18.4 Å². The molecule has 0 aliphatic carbocycles. The largest absolute Gasteiger partial charge is 0.307 e. The summed E-state index contributed by atoms with van der Waals surface area (Å²) in [6.45, 7) is 4.51. The van der Waals surface area contributed by atoms with Gasteiger partial charge in [-0.3, -0.25) is 4.79 Å². The van der Waals surface area contributed by atoms with Crippen LogP contribution in [0.4, 0.5) is 0 Å². The summed E-state index contributed by atoms with van der Waals surface area (Å²) in [6, 6.07) is 2.13. The van der Waals surface area contributed by atoms with Crippen molar-refractivity contribution in [2.75, 3.05) is 6.54 Å². The zero-order valence-corrected chi connectivity index (χ0v) is 9.91. The maximum Gasteiger partial charge on any atom is 0.188 e. The Kier molecular flexibility index (Phi) is 4.58. The standard InChI is InChI=1S/C10H14ClNOS/c1-3-7(2)12-6-9(13)10-8(11)4-5-14-10/h4-5,7,12H,3,6H2,1-2H3. The molecule has 14 heavy (non-hydrogen) atoms. The molecule has 2 nitrogen and oxygen atoms in total. The smallest absolute Gasteiger partial charge is 0.188 e. The maximum absolute atomic E-state index is 11.6. The number of nitrogens with one attached hydrogen (secondary N) is 1. The van der Waals surface area contributed by atoms with Crippen molar-refractivity contribution in [2.24, 2.45) is 0 Å². The second kappa shape index (κ2) is 5.49. The van der Waals surface area contributed by atoms with Crippen LogP contribution in [0, 0.1) is 0 Å². The molecule has 1 aromatic rings. The monoisotopic (exact) mass is 231 g/mol. The molecule has 0 amide bonds. The van der Waals surface area contributed by atoms with E-state index >= 15 is 0 Å². The third kappa shape index (κ3) is 3.08. The van der Waals surface area contributed by atoms with Crippen LogP contribution in [0.2, 0.25) is 5.02 Å². The summed E-state index contributed by atoms with van der Waals surface area (Å²) in [5.74, 6) is 0.0744. The van der Waals surface area contributed by atoms with Crippen LogP contribution < -0.4 is 5.32 Å². The highest BCUT2D eigenvalue weighted by molar-refractivity contribution is 7.12. The molecule has 0 saturated carbocycles. The van der Waals surface area contributed by atoms with Gasteiger partial charge >= 0.3 is 0 Å². The number of hydrogen-bond acceptors (Lipinski definition) is 3. The molecule has 0 fully saturated rings. The molecule has 1 N–H and O–H groups in total. The Balaban J connectivity index is 2.47. The topological polar surface area (TPSA) is 29.1 Å². The van der Waals surface area contributed by atoms with Gasteiger partial charge in [0.1, 0.15) is 0 Å². The van der Waals surface area contributed by atoms with Gasteiger partial charge in [0, 0.05) is 6.04 Å². The van der Waals surface area contributed by atoms with Gasteiger partial charge in [-0.2, -0.15) is 0 Å². The highest BCUT2D eigenvalue weighted by atomic mass is 35.5. The van der Waals surface area contributed by atoms with E-state index in [-0.39, 0.29) is 5.78 Å². The van der Waals surface area contributed by atoms with Gasteiger partial charge in [0.2, 0.25) is 0 Å². The summed E-state index contributed by atoms with van der Waals surface area (Å²) in [6.07, 6.45) is 1.02. The van der Waals surface area contributed by atoms with Crippen molar-refractivity contribution >= 4 is 28.7 Å². The molecule has 0 aliphatic heterocycles. The summed E-state index contributed by atoms with van der Waals surface area (Å²) >= 11 is 7.24. The number of hydrogen-bond donors (Lipinski definition) is 1. The molecular formula is C10H14ClNOS. The van der Waals surface area contributed by atoms with Crippen LogP contribution in [0.5, 0.6) is 0 Å². The maximum atomic E-state index is 11.6. The Morgan fingerprint density at radius 1 is 1.71 bits per heavy atom. The molecule has 0 radical (unpaired) electrons. The second-order valence-corrected chi connectivity index (χ2v) is 4.53. The van der Waals surface area contributed by atoms with Gasteiger partial charge in [-0.05, 0) is 24.8 Å². The fourth-order valence-corrected chi connectivity index (χ4v) is 2.09. The zero-order valence-electron chi connectivity index (χ0n) is 8.34. The average Bonchev–Trinajstić information content (AvgIpc) is 2.60. The first-order valence-electron chi connectivity index (χ1n) is 4.64. The number of carbonyl (C=O) groups is 1. The number of ketones is 1. The van der Waals surface area contributed by atoms with Crippen LogP contribution in [-0.2, 0) is 0 Å². The minimum atomic E-state index is 0.0744. The third-order valence-electron chi connectivity index (χ3n) is 2.09. The first-order chi connectivity index (χ1) is 6.65. The van der Waals surface area contributed by atoms with E-state index in [1.807, 2.05) is 5.38 Å². The number of carbonyl (C=O) groups excluding carboxylic acids is 1. The zero-order chi connectivity index (χ0) is 10.6. The second-order valence-electron chi connectivity index (χ2n) is 3.21. The minimum Gasteiger partial charge on any atom is -0.307 e. The van der Waals surface area contributed by atoms with E-state index in [0.29, 0.717) is 22.5 Å². The van der Waals surface area contributed by atoms with Gasteiger partial charge in [0.25, 0.3) is 0 Å². The van der Waals surface area contributed by atoms with Crippen molar-refractivity contribution in [1.82, 2.24) is 5.32 Å². The number of thiophene rings is 1. The lowest BCUT2D eigenvalue weighted by Crippen LogP contribution is -2.30. The molecule has 0 bridgehead atoms. The van der Waals surface area contributed by atoms with Crippen molar-refractivity contribution < 1.29 is 4.79 Å². The summed E-state index contributed by atoms with van der Waals surface area (Å²) in [7, 11) is 0. The Morgan fingerprint density at radius 3 is 2.93 bits per heavy atom. The number of rotatable bonds is 5. The fraction of sp³-hybridized carbons (Fsp3) is 0.500. The molecule has 0 aromatic carbocycles. The molecule has 1 heterocycles. The Hall–Kier alpha value is -0.380. The average molecular weight is 232 g/mol. The lowest BCUT2D eigenvalue weighted by atomic mass is 10.2. The van der Waals surface area contributed by atoms with Crippen LogP contribution in [0.3, 0.4) is 0 Å². The van der Waals surface area contributed by atoms with Crippen molar-refractivity contribution in [1.29, 1.82) is 0 Å². The number of halogens is 1. The molecule has 1 aromatic heterocycles. The van der Waals surface area contributed by atoms with Crippen LogP contribution in [0.25, 0.3) is 0 Å². The molecule has 0 saturated heterocycles. The highest BCUT2D eigenvalue weighted by Crippen LogP contribution is 2.22. The van der Waals surface area contributed by atoms with Gasteiger partial charge in [-0.1, -0.05) is 18.5 Å². The van der Waals surface area contributed by atoms with E-state index in [9.17, 15) is 4.79 Å². The number of Topliss-reactive ketones (excluding diaryl/α,β-unsaturated/α-hetero) is 1. The Labute approximate surface area is 93.3 Å². The molecule has 4 heteroatoms. The normalized spacial score (nSPS) is 12.8. The molecule has 1 unspecified atom stereocenters. The summed E-state index contributed by atoms with van der Waals surface area (Å²) in [5.41, 5.74) is 0. The molecule has 0 aliphatic rings. The first kappa shape index (κ1) is 11.7. The van der Waals surface area contributed by atoms with Crippen molar-refractivity contribution in [3.8, 4) is 0 Å². The molecular weight excluding hydrogens is 218 g/mol. The van der Waals surface area contributed by atoms with E-state index in [2.05, 4.69) is 19.2 Å². The van der Waals surface area contributed by atoms with Crippen LogP contribution in [0.1, 0.15) is 29.9 Å². The van der Waals surface area contributed by atoms with Crippen LogP contribution >= 0.6 is 22.9 Å². The summed E-state index contributed by atoms with van der Waals surface area (Å²) in [5, 5.41) is 5.54. The van der Waals surface area contributed by atoms with E-state index in [0.717, 1.165) is 6.42 Å². The van der Waals surface area contributed by atoms with E-state index in [1.54, 1.807) is 6.07 Å². The van der Waals surface area contributed by atoms with Gasteiger partial charge in [-0.15, -0.1) is 11.3 Å². The quantitative estimate of drug-likeness (QED) is 0.790. The Bertz CT molecular complexity index is 311. The van der Waals surface area contributed by atoms with E-state index < -0.39 is 0 Å². The fourth-order valence-electron chi connectivity index (χ4n) is 0.984. The molecule has 1 rings (SSSR count). The lowest BCUT2D eigenvalue weighted by Gasteiger charge is -2.09. The van der Waals surface area contributed by atoms with E-state index in [4.69, 9.17) is 11.6 Å². The van der Waals surface area contributed by atoms with Crippen molar-refractivity contribution in [3.63, 3.8) is 0 Å². The molecule has 78 valence electrons. The SMILES string of the molecule is CCC(C)NCC(=O)c1sccc1Cl. The highest BCUT2D eigenvalue weighted by Gasteiger charge is 2.11. The predicted molar refractivity (Wildman–Crippen MR) is 61.4 cm³/mol. The van der Waals surface area contributed by atoms with Gasteiger partial charge in [0.15, 0.2) is 5.78 Å². The third-order valence-corrected chi connectivity index (χ3v) is 3.48. The predicted octanol–water partition coefficient (Wildman–Crippen LogP) is 2.97. The van der Waals surface area contributed by atoms with E-state index in [1.165, 1.54) is 11.3 Å². The van der Waals surface area contributed by atoms with Crippen molar-refractivity contribution in [3.05, 3.63) is 21.3 Å². The molecule has 1 atom stereocenters. The lowest BCUT2D eigenvalue weighted by molar-refractivity contribution is 0.0991. The van der Waals surface area contributed by atoms with Gasteiger partial charge in [0.05, 0.1) is 16.4 Å². The van der Waals surface area contributed by atoms with Crippen LogP contribution in [0.15, 0.2) is 11.4 Å². The Morgan fingerprint density at radius 2 is 2.43 bits per heavy atom. The molecule has 0 spiro atoms. The van der Waals surface area contributed by atoms with Gasteiger partial charge < -0.3 is 5.32 Å². The van der Waals surface area contributed by atoms with Gasteiger partial charge in [-0.25, -0.2) is 0 Å². The summed E-state index contributed by atoms with van der Waals surface area (Å²) in [4.78, 5) is 12.3.